The third kappa shape index (κ3) is 4.37. The molecule has 66 valence electrons. The highest BCUT2D eigenvalue weighted by molar-refractivity contribution is 8.07. The number of rotatable bonds is 2. The lowest BCUT2D eigenvalue weighted by molar-refractivity contribution is 0.416. The Morgan fingerprint density at radius 2 is 1.73 bits per heavy atom. The molecule has 0 radical (unpaired) electrons. The summed E-state index contributed by atoms with van der Waals surface area (Å²) in [7, 11) is 0. The fourth-order valence-corrected chi connectivity index (χ4v) is 2.96. The molecule has 5 heteroatoms. The van der Waals surface area contributed by atoms with E-state index in [1.165, 1.54) is 19.3 Å². The van der Waals surface area contributed by atoms with Crippen molar-refractivity contribution in [3.63, 3.8) is 0 Å². The molecule has 0 aromatic carbocycles. The van der Waals surface area contributed by atoms with Crippen molar-refractivity contribution < 1.29 is 4.57 Å². The fraction of sp³-hybridized carbons (Fsp3) is 1.00. The summed E-state index contributed by atoms with van der Waals surface area (Å²) < 4.78 is 10.9. The third-order valence-corrected chi connectivity index (χ3v) is 3.19. The molecular weight excluding hydrogens is 204 g/mol. The van der Waals surface area contributed by atoms with E-state index in [-0.39, 0.29) is 6.04 Å². The molecule has 1 fully saturated rings. The number of nitrogens with one attached hydrogen (secondary N) is 1. The standard InChI is InChI=1S/C6H12Cl2NOP/c7-11(8,10)9-6-4-2-1-3-5-6/h6H,1-5H2,(H,9,10). The van der Waals surface area contributed by atoms with E-state index in [0.717, 1.165) is 12.8 Å². The second kappa shape index (κ2) is 4.13. The lowest BCUT2D eigenvalue weighted by atomic mass is 9.96. The van der Waals surface area contributed by atoms with Gasteiger partial charge in [-0.15, -0.1) is 0 Å². The van der Waals surface area contributed by atoms with Crippen molar-refractivity contribution in [3.8, 4) is 0 Å². The molecule has 2 nitrogen and oxygen atoms in total. The van der Waals surface area contributed by atoms with E-state index >= 15 is 0 Å². The van der Waals surface area contributed by atoms with Gasteiger partial charge < -0.3 is 0 Å². The first-order chi connectivity index (χ1) is 5.08. The summed E-state index contributed by atoms with van der Waals surface area (Å²) in [5.74, 6) is -3.04. The summed E-state index contributed by atoms with van der Waals surface area (Å²) in [6.07, 6.45) is 5.73. The van der Waals surface area contributed by atoms with Crippen molar-refractivity contribution in [1.82, 2.24) is 5.09 Å². The summed E-state index contributed by atoms with van der Waals surface area (Å²) in [5, 5.41) is 2.74. The van der Waals surface area contributed by atoms with E-state index in [2.05, 4.69) is 5.09 Å². The van der Waals surface area contributed by atoms with Gasteiger partial charge in [0.2, 0.25) is 0 Å². The maximum absolute atomic E-state index is 10.9. The average molecular weight is 216 g/mol. The molecule has 0 amide bonds. The Morgan fingerprint density at radius 3 is 2.18 bits per heavy atom. The van der Waals surface area contributed by atoms with E-state index in [0.29, 0.717) is 0 Å². The van der Waals surface area contributed by atoms with Crippen molar-refractivity contribution in [2.24, 2.45) is 0 Å². The topological polar surface area (TPSA) is 29.1 Å². The summed E-state index contributed by atoms with van der Waals surface area (Å²) in [4.78, 5) is 0. The predicted molar refractivity (Wildman–Crippen MR) is 49.3 cm³/mol. The van der Waals surface area contributed by atoms with E-state index in [1.807, 2.05) is 0 Å². The highest BCUT2D eigenvalue weighted by Gasteiger charge is 2.21. The normalized spacial score (nSPS) is 22.0. The van der Waals surface area contributed by atoms with E-state index in [4.69, 9.17) is 22.5 Å². The van der Waals surface area contributed by atoms with Crippen LogP contribution in [0.3, 0.4) is 0 Å². The minimum Gasteiger partial charge on any atom is -0.271 e. The first-order valence-electron chi connectivity index (χ1n) is 3.85. The molecule has 0 bridgehead atoms. The van der Waals surface area contributed by atoms with Gasteiger partial charge in [-0.3, -0.25) is 4.57 Å². The number of halogens is 2. The van der Waals surface area contributed by atoms with Crippen LogP contribution in [0.15, 0.2) is 0 Å². The zero-order chi connectivity index (χ0) is 8.32. The number of hydrogen-bond acceptors (Lipinski definition) is 1. The van der Waals surface area contributed by atoms with Crippen LogP contribution >= 0.6 is 28.5 Å². The minimum atomic E-state index is -3.04. The van der Waals surface area contributed by atoms with Crippen LogP contribution in [0.5, 0.6) is 0 Å². The maximum Gasteiger partial charge on any atom is 0.319 e. The van der Waals surface area contributed by atoms with Gasteiger partial charge in [0.05, 0.1) is 0 Å². The lowest BCUT2D eigenvalue weighted by Crippen LogP contribution is -2.25. The molecule has 0 aromatic heterocycles. The largest absolute Gasteiger partial charge is 0.319 e. The SMILES string of the molecule is O=P(Cl)(Cl)NC1CCCCC1. The van der Waals surface area contributed by atoms with Crippen molar-refractivity contribution in [1.29, 1.82) is 0 Å². The van der Waals surface area contributed by atoms with Crippen LogP contribution < -0.4 is 5.09 Å². The average Bonchev–Trinajstić information content (AvgIpc) is 1.85. The smallest absolute Gasteiger partial charge is 0.271 e. The Kier molecular flexibility index (Phi) is 3.70. The van der Waals surface area contributed by atoms with Gasteiger partial charge in [0.15, 0.2) is 0 Å². The van der Waals surface area contributed by atoms with Gasteiger partial charge in [-0.1, -0.05) is 19.3 Å². The predicted octanol–water partition coefficient (Wildman–Crippen LogP) is 3.49. The number of hydrogen-bond donors (Lipinski definition) is 1. The Bertz CT molecular complexity index is 164. The van der Waals surface area contributed by atoms with Crippen molar-refractivity contribution in [2.45, 2.75) is 38.1 Å². The molecule has 0 aliphatic heterocycles. The Hall–Kier alpha value is 0.770. The van der Waals surface area contributed by atoms with Gasteiger partial charge in [-0.25, -0.2) is 5.09 Å². The van der Waals surface area contributed by atoms with Crippen molar-refractivity contribution in [2.75, 3.05) is 0 Å². The van der Waals surface area contributed by atoms with Crippen LogP contribution in [-0.4, -0.2) is 6.04 Å². The van der Waals surface area contributed by atoms with Gasteiger partial charge in [0, 0.05) is 6.04 Å². The molecular formula is C6H12Cl2NOP. The zero-order valence-electron chi connectivity index (χ0n) is 6.22. The van der Waals surface area contributed by atoms with Crippen LogP contribution in [0.1, 0.15) is 32.1 Å². The molecule has 1 saturated carbocycles. The molecule has 0 aromatic rings. The van der Waals surface area contributed by atoms with Crippen LogP contribution in [-0.2, 0) is 4.57 Å². The van der Waals surface area contributed by atoms with Crippen LogP contribution in [0.2, 0.25) is 0 Å². The summed E-state index contributed by atoms with van der Waals surface area (Å²) in [6.45, 7) is 0. The van der Waals surface area contributed by atoms with Gasteiger partial charge in [-0.2, -0.15) is 0 Å². The third-order valence-electron chi connectivity index (χ3n) is 1.94. The second-order valence-corrected chi connectivity index (χ2v) is 7.48. The lowest BCUT2D eigenvalue weighted by Gasteiger charge is -2.22. The highest BCUT2D eigenvalue weighted by Crippen LogP contribution is 2.53. The zero-order valence-corrected chi connectivity index (χ0v) is 8.63. The molecule has 1 N–H and O–H groups in total. The summed E-state index contributed by atoms with van der Waals surface area (Å²) in [5.41, 5.74) is 0. The van der Waals surface area contributed by atoms with Crippen LogP contribution in [0.25, 0.3) is 0 Å². The Balaban J connectivity index is 2.30. The van der Waals surface area contributed by atoms with Gasteiger partial charge in [0.25, 0.3) is 0 Å². The molecule has 0 spiro atoms. The summed E-state index contributed by atoms with van der Waals surface area (Å²) >= 11 is 10.8. The van der Waals surface area contributed by atoms with E-state index in [9.17, 15) is 4.57 Å². The fourth-order valence-electron chi connectivity index (χ4n) is 1.44. The molecule has 11 heavy (non-hydrogen) atoms. The second-order valence-electron chi connectivity index (χ2n) is 2.93. The van der Waals surface area contributed by atoms with Gasteiger partial charge in [-0.05, 0) is 35.3 Å². The quantitative estimate of drug-likeness (QED) is 0.715. The minimum absolute atomic E-state index is 0.268. The molecule has 1 aliphatic carbocycles. The molecule has 1 aliphatic rings. The van der Waals surface area contributed by atoms with Crippen LogP contribution in [0, 0.1) is 0 Å². The Labute approximate surface area is 76.6 Å². The summed E-state index contributed by atoms with van der Waals surface area (Å²) in [6, 6.07) is 0.268. The first kappa shape index (κ1) is 9.85. The van der Waals surface area contributed by atoms with Crippen molar-refractivity contribution in [3.05, 3.63) is 0 Å². The molecule has 0 heterocycles. The molecule has 0 unspecified atom stereocenters. The van der Waals surface area contributed by atoms with Crippen LogP contribution in [0.4, 0.5) is 0 Å². The van der Waals surface area contributed by atoms with Gasteiger partial charge >= 0.3 is 6.00 Å². The highest BCUT2D eigenvalue weighted by atomic mass is 35.9. The maximum atomic E-state index is 10.9. The first-order valence-corrected chi connectivity index (χ1v) is 7.37. The van der Waals surface area contributed by atoms with Crippen molar-refractivity contribution >= 4 is 28.5 Å². The Morgan fingerprint density at radius 1 is 1.18 bits per heavy atom. The van der Waals surface area contributed by atoms with E-state index in [1.54, 1.807) is 0 Å². The van der Waals surface area contributed by atoms with Gasteiger partial charge in [0.1, 0.15) is 0 Å². The molecule has 1 rings (SSSR count). The molecule has 0 atom stereocenters. The van der Waals surface area contributed by atoms with E-state index < -0.39 is 6.00 Å². The monoisotopic (exact) mass is 215 g/mol. The molecule has 0 saturated heterocycles.